The number of aromatic nitrogens is 1. The minimum atomic E-state index is -1.53. The van der Waals surface area contributed by atoms with Crippen molar-refractivity contribution in [2.75, 3.05) is 6.54 Å². The molecule has 5 atom stereocenters. The number of carboxylic acid groups (broad SMARTS) is 1. The molecule has 1 aromatic carbocycles. The summed E-state index contributed by atoms with van der Waals surface area (Å²) in [6.07, 6.45) is 0.887. The highest BCUT2D eigenvalue weighted by Crippen LogP contribution is 2.19. The smallest absolute Gasteiger partial charge is 0.326 e. The minimum Gasteiger partial charge on any atom is -0.480 e. The number of carbonyl (C=O) groups is 5. The Bertz CT molecular complexity index is 1170. The largest absolute Gasteiger partial charge is 0.480 e. The summed E-state index contributed by atoms with van der Waals surface area (Å²) in [6.45, 7) is 1.62. The molecule has 5 unspecified atom stereocenters. The number of para-hydroxylation sites is 1. The van der Waals surface area contributed by atoms with E-state index in [1.165, 1.54) is 6.92 Å². The summed E-state index contributed by atoms with van der Waals surface area (Å²) in [6, 6.07) is 1.90. The second kappa shape index (κ2) is 14.8. The van der Waals surface area contributed by atoms with Gasteiger partial charge in [0, 0.05) is 23.5 Å². The van der Waals surface area contributed by atoms with Crippen LogP contribution in [0.2, 0.25) is 0 Å². The Morgan fingerprint density at radius 2 is 1.64 bits per heavy atom. The monoisotopic (exact) mass is 547 g/mol. The molecule has 0 saturated carbocycles. The molecular weight excluding hydrogens is 510 g/mol. The van der Waals surface area contributed by atoms with E-state index in [0.717, 1.165) is 10.9 Å². The molecule has 0 aliphatic rings. The third-order valence-electron chi connectivity index (χ3n) is 6.11. The molecule has 14 nitrogen and oxygen atoms in total. The fraction of sp³-hybridized carbons (Fsp3) is 0.480. The van der Waals surface area contributed by atoms with E-state index < -0.39 is 66.3 Å². The first-order chi connectivity index (χ1) is 18.4. The summed E-state index contributed by atoms with van der Waals surface area (Å²) < 4.78 is 0. The van der Waals surface area contributed by atoms with Crippen LogP contribution in [0.1, 0.15) is 38.2 Å². The van der Waals surface area contributed by atoms with E-state index >= 15 is 0 Å². The fourth-order valence-corrected chi connectivity index (χ4v) is 3.99. The Balaban J connectivity index is 2.25. The van der Waals surface area contributed by atoms with Gasteiger partial charge in [-0.15, -0.1) is 0 Å². The number of nitrogens with one attached hydrogen (secondary N) is 4. The normalized spacial score (nSPS) is 15.0. The zero-order valence-corrected chi connectivity index (χ0v) is 21.7. The van der Waals surface area contributed by atoms with E-state index in [1.54, 1.807) is 12.3 Å². The average molecular weight is 548 g/mol. The number of carbonyl (C=O) groups excluding carboxylic acids is 4. The Hall–Kier alpha value is -4.01. The first-order valence-electron chi connectivity index (χ1n) is 12.6. The lowest BCUT2D eigenvalue weighted by molar-refractivity contribution is -0.143. The van der Waals surface area contributed by atoms with Crippen molar-refractivity contribution in [1.29, 1.82) is 0 Å². The highest BCUT2D eigenvalue weighted by Gasteiger charge is 2.33. The molecule has 39 heavy (non-hydrogen) atoms. The lowest BCUT2D eigenvalue weighted by atomic mass is 10.0. The number of rotatable bonds is 16. The molecule has 0 bridgehead atoms. The summed E-state index contributed by atoms with van der Waals surface area (Å²) in [5.41, 5.74) is 17.8. The third-order valence-corrected chi connectivity index (χ3v) is 6.11. The van der Waals surface area contributed by atoms with Crippen LogP contribution in [0, 0.1) is 0 Å². The fourth-order valence-electron chi connectivity index (χ4n) is 3.99. The molecule has 214 valence electrons. The predicted octanol–water partition coefficient (Wildman–Crippen LogP) is -2.04. The molecule has 0 aliphatic carbocycles. The molecule has 2 aromatic rings. The Kier molecular flexibility index (Phi) is 11.8. The molecule has 14 heteroatoms. The number of fused-ring (bicyclic) bond motifs is 1. The van der Waals surface area contributed by atoms with Gasteiger partial charge in [0.2, 0.25) is 23.6 Å². The molecular formula is C25H37N7O7. The van der Waals surface area contributed by atoms with Gasteiger partial charge < -0.3 is 48.3 Å². The standard InChI is InChI=1S/C25H37N7O7/c1-13(33)21(24(37)30-18(25(38)39)8-4-5-9-26)32-23(36)19(31-22(35)16(27)11-20(28)34)10-14-12-29-17-7-3-2-6-15(14)17/h2-3,6-7,12-13,16,18-19,21,29,33H,4-5,8-11,26-27H2,1H3,(H2,28,34)(H,30,37)(H,31,35)(H,32,36)(H,38,39). The van der Waals surface area contributed by atoms with Gasteiger partial charge in [0.25, 0.3) is 0 Å². The van der Waals surface area contributed by atoms with Crippen molar-refractivity contribution in [2.45, 2.75) is 69.3 Å². The number of benzene rings is 1. The first-order valence-corrected chi connectivity index (χ1v) is 12.6. The maximum Gasteiger partial charge on any atom is 0.326 e. The highest BCUT2D eigenvalue weighted by molar-refractivity contribution is 5.96. The van der Waals surface area contributed by atoms with Gasteiger partial charge in [-0.1, -0.05) is 18.2 Å². The SMILES string of the molecule is CC(O)C(NC(=O)C(Cc1c[nH]c2ccccc12)NC(=O)C(N)CC(N)=O)C(=O)NC(CCCCN)C(=O)O. The van der Waals surface area contributed by atoms with E-state index in [1.807, 2.05) is 18.2 Å². The molecule has 0 aliphatic heterocycles. The van der Waals surface area contributed by atoms with Crippen LogP contribution in [-0.2, 0) is 30.4 Å². The van der Waals surface area contributed by atoms with Gasteiger partial charge in [-0.3, -0.25) is 19.2 Å². The van der Waals surface area contributed by atoms with Crippen molar-refractivity contribution in [1.82, 2.24) is 20.9 Å². The number of aliphatic carboxylic acids is 1. The zero-order chi connectivity index (χ0) is 29.1. The summed E-state index contributed by atoms with van der Waals surface area (Å²) in [5.74, 6) is -4.65. The molecule has 4 amide bonds. The average Bonchev–Trinajstić information content (AvgIpc) is 3.28. The molecule has 12 N–H and O–H groups in total. The first kappa shape index (κ1) is 31.2. The molecule has 0 saturated heterocycles. The number of H-pyrrole nitrogens is 1. The highest BCUT2D eigenvalue weighted by atomic mass is 16.4. The van der Waals surface area contributed by atoms with E-state index in [2.05, 4.69) is 20.9 Å². The number of hydrogen-bond donors (Lipinski definition) is 9. The number of nitrogens with two attached hydrogens (primary N) is 3. The molecule has 0 radical (unpaired) electrons. The zero-order valence-electron chi connectivity index (χ0n) is 21.7. The maximum absolute atomic E-state index is 13.3. The number of primary amides is 1. The van der Waals surface area contributed by atoms with Gasteiger partial charge in [0.15, 0.2) is 0 Å². The van der Waals surface area contributed by atoms with Crippen molar-refractivity contribution >= 4 is 40.5 Å². The van der Waals surface area contributed by atoms with Crippen molar-refractivity contribution in [3.8, 4) is 0 Å². The number of amides is 4. The number of carboxylic acids is 1. The summed E-state index contributed by atoms with van der Waals surface area (Å²) in [5, 5.41) is 27.7. The van der Waals surface area contributed by atoms with Gasteiger partial charge in [-0.05, 0) is 44.4 Å². The van der Waals surface area contributed by atoms with Gasteiger partial charge in [0.1, 0.15) is 18.1 Å². The lowest BCUT2D eigenvalue weighted by Gasteiger charge is -2.26. The maximum atomic E-state index is 13.3. The van der Waals surface area contributed by atoms with Crippen LogP contribution in [0.15, 0.2) is 30.5 Å². The van der Waals surface area contributed by atoms with Crippen molar-refractivity contribution in [3.05, 3.63) is 36.0 Å². The molecule has 1 heterocycles. The van der Waals surface area contributed by atoms with Gasteiger partial charge >= 0.3 is 5.97 Å². The number of aliphatic hydroxyl groups is 1. The van der Waals surface area contributed by atoms with E-state index in [-0.39, 0.29) is 12.8 Å². The van der Waals surface area contributed by atoms with Gasteiger partial charge in [-0.2, -0.15) is 0 Å². The Morgan fingerprint density at radius 3 is 2.26 bits per heavy atom. The van der Waals surface area contributed by atoms with Crippen molar-refractivity contribution < 1.29 is 34.2 Å². The van der Waals surface area contributed by atoms with Crippen LogP contribution >= 0.6 is 0 Å². The van der Waals surface area contributed by atoms with Crippen LogP contribution in [0.4, 0.5) is 0 Å². The van der Waals surface area contributed by atoms with Gasteiger partial charge in [-0.25, -0.2) is 4.79 Å². The third kappa shape index (κ3) is 9.35. The predicted molar refractivity (Wildman–Crippen MR) is 142 cm³/mol. The van der Waals surface area contributed by atoms with Crippen molar-refractivity contribution in [3.63, 3.8) is 0 Å². The van der Waals surface area contributed by atoms with E-state index in [9.17, 15) is 34.2 Å². The lowest BCUT2D eigenvalue weighted by Crippen LogP contribution is -2.60. The second-order valence-electron chi connectivity index (χ2n) is 9.31. The second-order valence-corrected chi connectivity index (χ2v) is 9.31. The van der Waals surface area contributed by atoms with Crippen LogP contribution in [0.25, 0.3) is 10.9 Å². The number of aliphatic hydroxyl groups excluding tert-OH is 1. The molecule has 0 spiro atoms. The van der Waals surface area contributed by atoms with Crippen LogP contribution in [0.3, 0.4) is 0 Å². The van der Waals surface area contributed by atoms with Crippen LogP contribution in [0.5, 0.6) is 0 Å². The van der Waals surface area contributed by atoms with E-state index in [0.29, 0.717) is 24.9 Å². The van der Waals surface area contributed by atoms with E-state index in [4.69, 9.17) is 17.2 Å². The Morgan fingerprint density at radius 1 is 0.974 bits per heavy atom. The quantitative estimate of drug-likeness (QED) is 0.105. The molecule has 0 fully saturated rings. The minimum absolute atomic E-state index is 0.0319. The summed E-state index contributed by atoms with van der Waals surface area (Å²) >= 11 is 0. The Labute approximate surface area is 225 Å². The van der Waals surface area contributed by atoms with Crippen LogP contribution < -0.4 is 33.2 Å². The number of aromatic amines is 1. The van der Waals surface area contributed by atoms with Gasteiger partial charge in [0.05, 0.1) is 18.6 Å². The topological polar surface area (TPSA) is 256 Å². The summed E-state index contributed by atoms with van der Waals surface area (Å²) in [7, 11) is 0. The molecule has 1 aromatic heterocycles. The van der Waals surface area contributed by atoms with Crippen molar-refractivity contribution in [2.24, 2.45) is 17.2 Å². The van der Waals surface area contributed by atoms with Crippen LogP contribution in [-0.4, -0.2) is 81.6 Å². The molecule has 2 rings (SSSR count). The summed E-state index contributed by atoms with van der Waals surface area (Å²) in [4.78, 5) is 64.8. The number of unbranched alkanes of at least 4 members (excludes halogenated alkanes) is 1. The number of hydrogen-bond acceptors (Lipinski definition) is 8.